The SMILES string of the molecule is COc1ccc(C2CCCCCN2C(=O)CN=C2NS(=O)(=O)c3ccccc32)cc1. The summed E-state index contributed by atoms with van der Waals surface area (Å²) in [5.41, 5.74) is 1.58. The Hall–Kier alpha value is -2.87. The summed E-state index contributed by atoms with van der Waals surface area (Å²) in [6, 6.07) is 14.5. The lowest BCUT2D eigenvalue weighted by Crippen LogP contribution is -2.37. The Labute approximate surface area is 176 Å². The predicted molar refractivity (Wildman–Crippen MR) is 114 cm³/mol. The molecule has 4 rings (SSSR count). The van der Waals surface area contributed by atoms with Crippen LogP contribution >= 0.6 is 0 Å². The van der Waals surface area contributed by atoms with E-state index in [1.807, 2.05) is 29.2 Å². The summed E-state index contributed by atoms with van der Waals surface area (Å²) in [5, 5.41) is 0. The summed E-state index contributed by atoms with van der Waals surface area (Å²) in [5.74, 6) is 0.910. The molecule has 2 aromatic carbocycles. The minimum absolute atomic E-state index is 0.0151. The summed E-state index contributed by atoms with van der Waals surface area (Å²) in [6.45, 7) is 0.571. The maximum absolute atomic E-state index is 13.1. The molecule has 7 nitrogen and oxygen atoms in total. The zero-order chi connectivity index (χ0) is 21.1. The Morgan fingerprint density at radius 2 is 1.90 bits per heavy atom. The van der Waals surface area contributed by atoms with Crippen molar-refractivity contribution in [2.75, 3.05) is 20.2 Å². The molecule has 1 amide bonds. The van der Waals surface area contributed by atoms with Gasteiger partial charge in [-0.1, -0.05) is 37.1 Å². The van der Waals surface area contributed by atoms with Gasteiger partial charge in [0, 0.05) is 12.1 Å². The standard InChI is InChI=1S/C22H25N3O4S/c1-29-17-12-10-16(11-13-17)19-8-3-2-6-14-25(19)21(26)15-23-22-18-7-4-5-9-20(18)30(27,28)24-22/h4-5,7,9-13,19H,2-3,6,8,14-15H2,1H3,(H,23,24). The highest BCUT2D eigenvalue weighted by Gasteiger charge is 2.31. The van der Waals surface area contributed by atoms with Crippen molar-refractivity contribution >= 4 is 21.8 Å². The van der Waals surface area contributed by atoms with Crippen molar-refractivity contribution in [1.82, 2.24) is 9.62 Å². The minimum atomic E-state index is -3.61. The second kappa shape index (κ2) is 8.47. The van der Waals surface area contributed by atoms with Crippen molar-refractivity contribution in [3.8, 4) is 5.75 Å². The van der Waals surface area contributed by atoms with Crippen LogP contribution in [0.2, 0.25) is 0 Å². The van der Waals surface area contributed by atoms with Crippen LogP contribution in [-0.4, -0.2) is 45.3 Å². The highest BCUT2D eigenvalue weighted by molar-refractivity contribution is 7.90. The molecule has 1 N–H and O–H groups in total. The molecule has 2 heterocycles. The van der Waals surface area contributed by atoms with Crippen LogP contribution in [0.4, 0.5) is 0 Å². The number of nitrogens with one attached hydrogen (secondary N) is 1. The first-order valence-electron chi connectivity index (χ1n) is 10.1. The summed E-state index contributed by atoms with van der Waals surface area (Å²) >= 11 is 0. The molecule has 1 unspecified atom stereocenters. The van der Waals surface area contributed by atoms with E-state index in [1.54, 1.807) is 25.3 Å². The van der Waals surface area contributed by atoms with Crippen molar-refractivity contribution in [2.45, 2.75) is 36.6 Å². The van der Waals surface area contributed by atoms with E-state index >= 15 is 0 Å². The van der Waals surface area contributed by atoms with Gasteiger partial charge in [0.15, 0.2) is 0 Å². The number of carbonyl (C=O) groups excluding carboxylic acids is 1. The fourth-order valence-electron chi connectivity index (χ4n) is 4.07. The molecule has 0 spiro atoms. The van der Waals surface area contributed by atoms with E-state index in [0.29, 0.717) is 12.1 Å². The minimum Gasteiger partial charge on any atom is -0.497 e. The Morgan fingerprint density at radius 1 is 1.13 bits per heavy atom. The number of benzene rings is 2. The van der Waals surface area contributed by atoms with Gasteiger partial charge in [0.05, 0.1) is 18.0 Å². The van der Waals surface area contributed by atoms with Crippen LogP contribution in [-0.2, 0) is 14.8 Å². The van der Waals surface area contributed by atoms with Crippen LogP contribution in [0.3, 0.4) is 0 Å². The largest absolute Gasteiger partial charge is 0.497 e. The third-order valence-corrected chi connectivity index (χ3v) is 7.01. The smallest absolute Gasteiger partial charge is 0.263 e. The molecule has 1 atom stereocenters. The maximum atomic E-state index is 13.1. The number of nitrogens with zero attached hydrogens (tertiary/aromatic N) is 2. The summed E-state index contributed by atoms with van der Waals surface area (Å²) < 4.78 is 32.2. The van der Waals surface area contributed by atoms with E-state index in [9.17, 15) is 13.2 Å². The number of carbonyl (C=O) groups is 1. The van der Waals surface area contributed by atoms with Gasteiger partial charge >= 0.3 is 0 Å². The van der Waals surface area contributed by atoms with Gasteiger partial charge in [-0.3, -0.25) is 14.5 Å². The summed E-state index contributed by atoms with van der Waals surface area (Å²) in [4.78, 5) is 19.5. The molecule has 0 aromatic heterocycles. The Balaban J connectivity index is 1.55. The fourth-order valence-corrected chi connectivity index (χ4v) is 5.32. The van der Waals surface area contributed by atoms with E-state index in [4.69, 9.17) is 4.74 Å². The third-order valence-electron chi connectivity index (χ3n) is 5.61. The number of sulfonamides is 1. The lowest BCUT2D eigenvalue weighted by atomic mass is 10.0. The molecular weight excluding hydrogens is 402 g/mol. The lowest BCUT2D eigenvalue weighted by molar-refractivity contribution is -0.132. The topological polar surface area (TPSA) is 88.1 Å². The Bertz CT molecular complexity index is 1060. The second-order valence-electron chi connectivity index (χ2n) is 7.49. The van der Waals surface area contributed by atoms with Gasteiger partial charge < -0.3 is 9.64 Å². The van der Waals surface area contributed by atoms with Gasteiger partial charge in [0.1, 0.15) is 18.1 Å². The molecule has 1 fully saturated rings. The average molecular weight is 428 g/mol. The van der Waals surface area contributed by atoms with Crippen molar-refractivity contribution in [3.63, 3.8) is 0 Å². The first-order chi connectivity index (χ1) is 14.5. The van der Waals surface area contributed by atoms with E-state index < -0.39 is 10.0 Å². The number of fused-ring (bicyclic) bond motifs is 1. The number of methoxy groups -OCH3 is 1. The third kappa shape index (κ3) is 4.05. The van der Waals surface area contributed by atoms with Crippen molar-refractivity contribution in [3.05, 3.63) is 59.7 Å². The van der Waals surface area contributed by atoms with Crippen LogP contribution < -0.4 is 9.46 Å². The number of aliphatic imine (C=N–C) groups is 1. The molecular formula is C22H25N3O4S. The molecule has 8 heteroatoms. The molecule has 1 saturated heterocycles. The number of rotatable bonds is 4. The van der Waals surface area contributed by atoms with Gasteiger partial charge in [-0.2, -0.15) is 0 Å². The average Bonchev–Trinajstić information content (AvgIpc) is 2.91. The molecule has 2 aromatic rings. The number of hydrogen-bond donors (Lipinski definition) is 1. The van der Waals surface area contributed by atoms with Crippen molar-refractivity contribution in [2.24, 2.45) is 4.99 Å². The number of likely N-dealkylation sites (tertiary alicyclic amines) is 1. The number of hydrogen-bond acceptors (Lipinski definition) is 5. The van der Waals surface area contributed by atoms with E-state index in [-0.39, 0.29) is 29.2 Å². The number of amides is 1. The van der Waals surface area contributed by atoms with E-state index in [2.05, 4.69) is 9.71 Å². The molecule has 0 radical (unpaired) electrons. The van der Waals surface area contributed by atoms with Gasteiger partial charge in [0.25, 0.3) is 10.0 Å². The van der Waals surface area contributed by atoms with Gasteiger partial charge in [-0.15, -0.1) is 0 Å². The Morgan fingerprint density at radius 3 is 2.67 bits per heavy atom. The maximum Gasteiger partial charge on any atom is 0.263 e. The molecule has 0 saturated carbocycles. The monoisotopic (exact) mass is 427 g/mol. The molecule has 158 valence electrons. The highest BCUT2D eigenvalue weighted by Crippen LogP contribution is 2.31. The quantitative estimate of drug-likeness (QED) is 0.813. The zero-order valence-corrected chi connectivity index (χ0v) is 17.7. The van der Waals surface area contributed by atoms with Crippen LogP contribution in [0.5, 0.6) is 5.75 Å². The lowest BCUT2D eigenvalue weighted by Gasteiger charge is -2.30. The van der Waals surface area contributed by atoms with Crippen LogP contribution in [0.25, 0.3) is 0 Å². The first kappa shape index (κ1) is 20.4. The summed E-state index contributed by atoms with van der Waals surface area (Å²) in [6.07, 6.45) is 3.98. The van der Waals surface area contributed by atoms with Gasteiger partial charge in [0.2, 0.25) is 5.91 Å². The Kier molecular flexibility index (Phi) is 5.76. The van der Waals surface area contributed by atoms with E-state index in [0.717, 1.165) is 37.0 Å². The molecule has 2 aliphatic heterocycles. The summed E-state index contributed by atoms with van der Waals surface area (Å²) in [7, 11) is -1.98. The normalized spacial score (nSPS) is 21.6. The van der Waals surface area contributed by atoms with Crippen LogP contribution in [0.1, 0.15) is 42.9 Å². The first-order valence-corrected chi connectivity index (χ1v) is 11.6. The highest BCUT2D eigenvalue weighted by atomic mass is 32.2. The fraction of sp³-hybridized carbons (Fsp3) is 0.364. The molecule has 2 aliphatic rings. The second-order valence-corrected chi connectivity index (χ2v) is 9.14. The molecule has 0 bridgehead atoms. The van der Waals surface area contributed by atoms with Crippen molar-refractivity contribution < 1.29 is 17.9 Å². The predicted octanol–water partition coefficient (Wildman–Crippen LogP) is 2.88. The van der Waals surface area contributed by atoms with Crippen LogP contribution in [0.15, 0.2) is 58.4 Å². The molecule has 30 heavy (non-hydrogen) atoms. The van der Waals surface area contributed by atoms with Crippen molar-refractivity contribution in [1.29, 1.82) is 0 Å². The zero-order valence-electron chi connectivity index (χ0n) is 16.9. The van der Waals surface area contributed by atoms with Crippen LogP contribution in [0, 0.1) is 0 Å². The number of amidine groups is 1. The van der Waals surface area contributed by atoms with Gasteiger partial charge in [-0.25, -0.2) is 8.42 Å². The van der Waals surface area contributed by atoms with E-state index in [1.165, 1.54) is 6.07 Å². The number of ether oxygens (including phenoxy) is 1. The van der Waals surface area contributed by atoms with Gasteiger partial charge in [-0.05, 0) is 42.7 Å². The molecule has 0 aliphatic carbocycles.